The van der Waals surface area contributed by atoms with Gasteiger partial charge < -0.3 is 14.6 Å². The topological polar surface area (TPSA) is 64.9 Å². The molecule has 0 spiro atoms. The van der Waals surface area contributed by atoms with Crippen LogP contribution in [0.3, 0.4) is 0 Å². The van der Waals surface area contributed by atoms with Gasteiger partial charge in [0.05, 0.1) is 36.1 Å². The third-order valence-corrected chi connectivity index (χ3v) is 5.14. The highest BCUT2D eigenvalue weighted by atomic mass is 19.1. The second kappa shape index (κ2) is 8.18. The first-order valence-electron chi connectivity index (χ1n) is 9.93. The van der Waals surface area contributed by atoms with Gasteiger partial charge in [-0.3, -0.25) is 0 Å². The highest BCUT2D eigenvalue weighted by Gasteiger charge is 2.21. The summed E-state index contributed by atoms with van der Waals surface area (Å²) in [6.45, 7) is 5.97. The Morgan fingerprint density at radius 1 is 1.00 bits per heavy atom. The molecule has 0 atom stereocenters. The van der Waals surface area contributed by atoms with Crippen LogP contribution < -0.4 is 10.1 Å². The quantitative estimate of drug-likeness (QED) is 0.471. The van der Waals surface area contributed by atoms with Crippen LogP contribution in [0.4, 0.5) is 10.2 Å². The Morgan fingerprint density at radius 2 is 1.77 bits per heavy atom. The maximum Gasteiger partial charge on any atom is 0.149 e. The highest BCUT2D eigenvalue weighted by molar-refractivity contribution is 5.65. The lowest BCUT2D eigenvalue weighted by molar-refractivity contribution is 0.413. The van der Waals surface area contributed by atoms with Crippen molar-refractivity contribution < 1.29 is 9.13 Å². The first-order chi connectivity index (χ1) is 14.9. The molecule has 0 saturated carbocycles. The summed E-state index contributed by atoms with van der Waals surface area (Å²) in [4.78, 5) is 4.27. The molecule has 2 aromatic heterocycles. The van der Waals surface area contributed by atoms with Crippen LogP contribution in [0.1, 0.15) is 25.1 Å². The van der Waals surface area contributed by atoms with E-state index in [1.807, 2.05) is 61.9 Å². The number of imidazole rings is 1. The minimum atomic E-state index is -0.433. The molecule has 4 aromatic rings. The second-order valence-electron chi connectivity index (χ2n) is 7.87. The molecule has 0 bridgehead atoms. The van der Waals surface area contributed by atoms with Crippen LogP contribution in [-0.2, 0) is 5.54 Å². The standard InChI is InChI=1S/C24H24FN5O/c1-16-14-30(15-26-16)21-11-5-17(13-22(21)31-4)20-10-12-23(29-28-20)27-24(2,3)18-6-8-19(25)9-7-18/h5-15H,1-4H3,(H,27,29). The lowest BCUT2D eigenvalue weighted by Gasteiger charge is -2.27. The molecule has 0 saturated heterocycles. The number of nitrogens with one attached hydrogen (secondary N) is 1. The predicted octanol–water partition coefficient (Wildman–Crippen LogP) is 5.13. The van der Waals surface area contributed by atoms with Crippen molar-refractivity contribution in [3.05, 3.63) is 84.2 Å². The molecule has 0 aliphatic heterocycles. The van der Waals surface area contributed by atoms with E-state index >= 15 is 0 Å². The Labute approximate surface area is 180 Å². The van der Waals surface area contributed by atoms with Crippen molar-refractivity contribution in [2.45, 2.75) is 26.3 Å². The Bertz CT molecular complexity index is 1180. The molecule has 7 heteroatoms. The van der Waals surface area contributed by atoms with Gasteiger partial charge in [0.2, 0.25) is 0 Å². The van der Waals surface area contributed by atoms with Crippen LogP contribution in [0.5, 0.6) is 5.75 Å². The second-order valence-corrected chi connectivity index (χ2v) is 7.87. The molecule has 6 nitrogen and oxygen atoms in total. The van der Waals surface area contributed by atoms with Gasteiger partial charge in [-0.15, -0.1) is 10.2 Å². The van der Waals surface area contributed by atoms with Crippen molar-refractivity contribution in [1.29, 1.82) is 0 Å². The number of aromatic nitrogens is 4. The summed E-state index contributed by atoms with van der Waals surface area (Å²) in [7, 11) is 1.64. The number of halogens is 1. The van der Waals surface area contributed by atoms with Crippen LogP contribution in [0.2, 0.25) is 0 Å². The van der Waals surface area contributed by atoms with Gasteiger partial charge in [0, 0.05) is 11.8 Å². The Balaban J connectivity index is 1.56. The molecule has 0 fully saturated rings. The number of nitrogens with zero attached hydrogens (tertiary/aromatic N) is 4. The van der Waals surface area contributed by atoms with E-state index in [-0.39, 0.29) is 5.82 Å². The summed E-state index contributed by atoms with van der Waals surface area (Å²) in [5, 5.41) is 12.1. The molecule has 0 aliphatic carbocycles. The van der Waals surface area contributed by atoms with Gasteiger partial charge in [0.1, 0.15) is 17.4 Å². The zero-order chi connectivity index (χ0) is 22.0. The van der Waals surface area contributed by atoms with Crippen molar-refractivity contribution in [2.75, 3.05) is 12.4 Å². The van der Waals surface area contributed by atoms with Gasteiger partial charge in [0.25, 0.3) is 0 Å². The fraction of sp³-hybridized carbons (Fsp3) is 0.208. The monoisotopic (exact) mass is 417 g/mol. The summed E-state index contributed by atoms with van der Waals surface area (Å²) < 4.78 is 20.7. The van der Waals surface area contributed by atoms with Crippen molar-refractivity contribution in [1.82, 2.24) is 19.7 Å². The summed E-state index contributed by atoms with van der Waals surface area (Å²) in [5.74, 6) is 1.10. The van der Waals surface area contributed by atoms with Crippen molar-refractivity contribution in [3.63, 3.8) is 0 Å². The first kappa shape index (κ1) is 20.5. The summed E-state index contributed by atoms with van der Waals surface area (Å²) in [6, 6.07) is 16.1. The molecule has 2 heterocycles. The fourth-order valence-corrected chi connectivity index (χ4v) is 3.42. The third kappa shape index (κ3) is 4.40. The Morgan fingerprint density at radius 3 is 2.39 bits per heavy atom. The lowest BCUT2D eigenvalue weighted by Crippen LogP contribution is -2.28. The van der Waals surface area contributed by atoms with Crippen molar-refractivity contribution in [3.8, 4) is 22.7 Å². The lowest BCUT2D eigenvalue weighted by atomic mass is 9.94. The van der Waals surface area contributed by atoms with Gasteiger partial charge in [-0.1, -0.05) is 18.2 Å². The van der Waals surface area contributed by atoms with Crippen molar-refractivity contribution >= 4 is 5.82 Å². The van der Waals surface area contributed by atoms with Crippen LogP contribution in [0.25, 0.3) is 16.9 Å². The molecular formula is C24H24FN5O. The van der Waals surface area contributed by atoms with Gasteiger partial charge >= 0.3 is 0 Å². The molecular weight excluding hydrogens is 393 g/mol. The zero-order valence-corrected chi connectivity index (χ0v) is 17.9. The fourth-order valence-electron chi connectivity index (χ4n) is 3.42. The predicted molar refractivity (Wildman–Crippen MR) is 119 cm³/mol. The van der Waals surface area contributed by atoms with E-state index in [1.54, 1.807) is 25.6 Å². The number of hydrogen-bond donors (Lipinski definition) is 1. The minimum Gasteiger partial charge on any atom is -0.495 e. The molecule has 4 rings (SSSR count). The van der Waals surface area contributed by atoms with E-state index in [0.717, 1.165) is 34.0 Å². The molecule has 0 radical (unpaired) electrons. The van der Waals surface area contributed by atoms with E-state index in [9.17, 15) is 4.39 Å². The van der Waals surface area contributed by atoms with E-state index < -0.39 is 5.54 Å². The molecule has 0 amide bonds. The number of methoxy groups -OCH3 is 1. The normalized spacial score (nSPS) is 11.4. The number of hydrogen-bond acceptors (Lipinski definition) is 5. The first-order valence-corrected chi connectivity index (χ1v) is 9.93. The largest absolute Gasteiger partial charge is 0.495 e. The van der Waals surface area contributed by atoms with Crippen LogP contribution >= 0.6 is 0 Å². The van der Waals surface area contributed by atoms with Gasteiger partial charge in [-0.05, 0) is 62.7 Å². The summed E-state index contributed by atoms with van der Waals surface area (Å²) in [5.41, 5.74) is 3.99. The third-order valence-electron chi connectivity index (χ3n) is 5.14. The van der Waals surface area contributed by atoms with Crippen LogP contribution in [-0.4, -0.2) is 26.9 Å². The maximum atomic E-state index is 13.2. The highest BCUT2D eigenvalue weighted by Crippen LogP contribution is 2.30. The number of benzene rings is 2. The maximum absolute atomic E-state index is 13.2. The summed E-state index contributed by atoms with van der Waals surface area (Å²) >= 11 is 0. The van der Waals surface area contributed by atoms with Gasteiger partial charge in [-0.25, -0.2) is 9.37 Å². The summed E-state index contributed by atoms with van der Waals surface area (Å²) in [6.07, 6.45) is 3.71. The smallest absolute Gasteiger partial charge is 0.149 e. The van der Waals surface area contributed by atoms with Gasteiger partial charge in [0.15, 0.2) is 0 Å². The number of anilines is 1. The van der Waals surface area contributed by atoms with Crippen LogP contribution in [0, 0.1) is 12.7 Å². The van der Waals surface area contributed by atoms with Crippen LogP contribution in [0.15, 0.2) is 67.1 Å². The van der Waals surface area contributed by atoms with Crippen molar-refractivity contribution in [2.24, 2.45) is 0 Å². The molecule has 0 aliphatic rings. The molecule has 31 heavy (non-hydrogen) atoms. The minimum absolute atomic E-state index is 0.256. The molecule has 0 unspecified atom stereocenters. The molecule has 2 aromatic carbocycles. The van der Waals surface area contributed by atoms with E-state index in [4.69, 9.17) is 4.74 Å². The average Bonchev–Trinajstić information content (AvgIpc) is 3.20. The molecule has 1 N–H and O–H groups in total. The number of ether oxygens (including phenoxy) is 1. The SMILES string of the molecule is COc1cc(-c2ccc(NC(C)(C)c3ccc(F)cc3)nn2)ccc1-n1cnc(C)c1. The van der Waals surface area contributed by atoms with Gasteiger partial charge in [-0.2, -0.15) is 0 Å². The Hall–Kier alpha value is -3.74. The number of aryl methyl sites for hydroxylation is 1. The van der Waals surface area contributed by atoms with E-state index in [2.05, 4.69) is 20.5 Å². The Kier molecular flexibility index (Phi) is 5.42. The molecule has 158 valence electrons. The van der Waals surface area contributed by atoms with E-state index in [1.165, 1.54) is 12.1 Å². The van der Waals surface area contributed by atoms with E-state index in [0.29, 0.717) is 5.82 Å². The number of rotatable bonds is 6. The zero-order valence-electron chi connectivity index (χ0n) is 17.9. The average molecular weight is 417 g/mol.